The number of benzene rings is 1. The summed E-state index contributed by atoms with van der Waals surface area (Å²) in [6.07, 6.45) is 0. The lowest BCUT2D eigenvalue weighted by atomic mass is 9.94. The van der Waals surface area contributed by atoms with Gasteiger partial charge in [0.2, 0.25) is 10.0 Å². The van der Waals surface area contributed by atoms with E-state index in [1.54, 1.807) is 39.3 Å². The van der Waals surface area contributed by atoms with E-state index in [9.17, 15) is 8.42 Å². The van der Waals surface area contributed by atoms with E-state index in [2.05, 4.69) is 0 Å². The lowest BCUT2D eigenvalue weighted by molar-refractivity contribution is 0.292. The van der Waals surface area contributed by atoms with Crippen molar-refractivity contribution in [2.45, 2.75) is 25.7 Å². The summed E-state index contributed by atoms with van der Waals surface area (Å²) in [6, 6.07) is 4.95. The van der Waals surface area contributed by atoms with E-state index in [4.69, 9.17) is 10.5 Å². The molecule has 0 aliphatic rings. The molecule has 0 aliphatic heterocycles. The van der Waals surface area contributed by atoms with Gasteiger partial charge in [0.05, 0.1) is 12.0 Å². The fraction of sp³-hybridized carbons (Fsp3) is 0.571. The number of nitrogens with two attached hydrogens (primary N) is 1. The Morgan fingerprint density at radius 2 is 1.95 bits per heavy atom. The third kappa shape index (κ3) is 3.71. The molecule has 5 nitrogen and oxygen atoms in total. The maximum Gasteiger partial charge on any atom is 0.243 e. The maximum atomic E-state index is 12.6. The van der Waals surface area contributed by atoms with Crippen LogP contribution in [-0.2, 0) is 10.0 Å². The molecule has 0 aromatic heterocycles. The quantitative estimate of drug-likeness (QED) is 0.866. The lowest BCUT2D eigenvalue weighted by Crippen LogP contribution is -2.39. The van der Waals surface area contributed by atoms with Crippen LogP contribution in [-0.4, -0.2) is 40.0 Å². The monoisotopic (exact) mass is 300 g/mol. The van der Waals surface area contributed by atoms with Crippen molar-refractivity contribution < 1.29 is 13.2 Å². The molecule has 0 aliphatic carbocycles. The summed E-state index contributed by atoms with van der Waals surface area (Å²) in [5.74, 6) is 0.645. The normalized spacial score (nSPS) is 12.8. The third-order valence-corrected chi connectivity index (χ3v) is 5.24. The average molecular weight is 300 g/mol. The Bertz CT molecular complexity index is 568. The first-order chi connectivity index (χ1) is 9.14. The predicted molar refractivity (Wildman–Crippen MR) is 80.4 cm³/mol. The Labute approximate surface area is 121 Å². The number of hydrogen-bond donors (Lipinski definition) is 1. The zero-order valence-corrected chi connectivity index (χ0v) is 13.6. The number of aryl methyl sites for hydroxylation is 1. The van der Waals surface area contributed by atoms with Crippen LogP contribution in [0.25, 0.3) is 0 Å². The molecule has 0 fully saturated rings. The van der Waals surface area contributed by atoms with Crippen molar-refractivity contribution in [1.82, 2.24) is 4.31 Å². The summed E-state index contributed by atoms with van der Waals surface area (Å²) in [4.78, 5) is 0.300. The maximum absolute atomic E-state index is 12.6. The highest BCUT2D eigenvalue weighted by Crippen LogP contribution is 2.25. The van der Waals surface area contributed by atoms with Crippen molar-refractivity contribution in [1.29, 1.82) is 0 Å². The van der Waals surface area contributed by atoms with Crippen LogP contribution in [0.3, 0.4) is 0 Å². The van der Waals surface area contributed by atoms with E-state index in [0.29, 0.717) is 29.3 Å². The molecule has 0 atom stereocenters. The van der Waals surface area contributed by atoms with Crippen molar-refractivity contribution in [3.05, 3.63) is 23.8 Å². The molecule has 20 heavy (non-hydrogen) atoms. The van der Waals surface area contributed by atoms with E-state index >= 15 is 0 Å². The topological polar surface area (TPSA) is 72.6 Å². The van der Waals surface area contributed by atoms with Crippen LogP contribution in [0.5, 0.6) is 5.75 Å². The van der Waals surface area contributed by atoms with Gasteiger partial charge < -0.3 is 10.5 Å². The highest BCUT2D eigenvalue weighted by molar-refractivity contribution is 7.89. The van der Waals surface area contributed by atoms with Crippen molar-refractivity contribution in [2.24, 2.45) is 11.1 Å². The third-order valence-electron chi connectivity index (χ3n) is 3.27. The number of methoxy groups -OCH3 is 1. The van der Waals surface area contributed by atoms with Crippen LogP contribution in [0.15, 0.2) is 23.1 Å². The van der Waals surface area contributed by atoms with Gasteiger partial charge in [-0.15, -0.1) is 0 Å². The smallest absolute Gasteiger partial charge is 0.243 e. The summed E-state index contributed by atoms with van der Waals surface area (Å²) >= 11 is 0. The molecule has 2 N–H and O–H groups in total. The fourth-order valence-corrected chi connectivity index (χ4v) is 3.52. The SMILES string of the molecule is COc1ccc(S(=O)(=O)N(C)CC(C)(C)CN)c(C)c1. The first-order valence-corrected chi connectivity index (χ1v) is 7.89. The molecule has 0 bridgehead atoms. The second-order valence-corrected chi connectivity index (χ2v) is 7.77. The van der Waals surface area contributed by atoms with E-state index in [1.165, 1.54) is 4.31 Å². The summed E-state index contributed by atoms with van der Waals surface area (Å²) in [5.41, 5.74) is 6.07. The van der Waals surface area contributed by atoms with Gasteiger partial charge in [-0.2, -0.15) is 0 Å². The van der Waals surface area contributed by atoms with Gasteiger partial charge in [-0.25, -0.2) is 12.7 Å². The number of hydrogen-bond acceptors (Lipinski definition) is 4. The molecule has 0 spiro atoms. The first kappa shape index (κ1) is 16.9. The molecule has 0 saturated carbocycles. The molecule has 1 aromatic carbocycles. The zero-order chi connectivity index (χ0) is 15.6. The van der Waals surface area contributed by atoms with E-state index in [1.807, 2.05) is 13.8 Å². The summed E-state index contributed by atoms with van der Waals surface area (Å²) in [6.45, 7) is 6.45. The standard InChI is InChI=1S/C14H24N2O3S/c1-11-8-12(19-5)6-7-13(11)20(17,18)16(4)10-14(2,3)9-15/h6-8H,9-10,15H2,1-5H3. The number of sulfonamides is 1. The van der Waals surface area contributed by atoms with Gasteiger partial charge in [-0.05, 0) is 42.6 Å². The number of rotatable bonds is 6. The largest absolute Gasteiger partial charge is 0.497 e. The van der Waals surface area contributed by atoms with Crippen LogP contribution < -0.4 is 10.5 Å². The summed E-state index contributed by atoms with van der Waals surface area (Å²) < 4.78 is 31.6. The van der Waals surface area contributed by atoms with Crippen molar-refractivity contribution in [3.63, 3.8) is 0 Å². The highest BCUT2D eigenvalue weighted by atomic mass is 32.2. The fourth-order valence-electron chi connectivity index (χ4n) is 1.96. The minimum absolute atomic E-state index is 0.262. The zero-order valence-electron chi connectivity index (χ0n) is 12.8. The van der Waals surface area contributed by atoms with Crippen LogP contribution >= 0.6 is 0 Å². The molecule has 114 valence electrons. The van der Waals surface area contributed by atoms with Gasteiger partial charge in [0.25, 0.3) is 0 Å². The van der Waals surface area contributed by atoms with Crippen LogP contribution in [0, 0.1) is 12.3 Å². The Balaban J connectivity index is 3.11. The highest BCUT2D eigenvalue weighted by Gasteiger charge is 2.28. The van der Waals surface area contributed by atoms with Gasteiger partial charge >= 0.3 is 0 Å². The molecule has 0 amide bonds. The molecule has 0 saturated heterocycles. The molecule has 0 heterocycles. The molecule has 0 radical (unpaired) electrons. The Kier molecular flexibility index (Phi) is 5.18. The lowest BCUT2D eigenvalue weighted by Gasteiger charge is -2.28. The molecule has 1 aromatic rings. The predicted octanol–water partition coefficient (Wildman–Crippen LogP) is 1.61. The van der Waals surface area contributed by atoms with Gasteiger partial charge in [-0.1, -0.05) is 13.8 Å². The first-order valence-electron chi connectivity index (χ1n) is 6.45. The summed E-state index contributed by atoms with van der Waals surface area (Å²) in [7, 11) is -0.382. The van der Waals surface area contributed by atoms with E-state index < -0.39 is 10.0 Å². The van der Waals surface area contributed by atoms with Gasteiger partial charge in [0.15, 0.2) is 0 Å². The molecular formula is C14H24N2O3S. The van der Waals surface area contributed by atoms with Crippen molar-refractivity contribution in [2.75, 3.05) is 27.2 Å². The second kappa shape index (κ2) is 6.11. The minimum atomic E-state index is -3.52. The Hall–Kier alpha value is -1.11. The number of ether oxygens (including phenoxy) is 1. The molecule has 0 unspecified atom stereocenters. The average Bonchev–Trinajstić information content (AvgIpc) is 2.37. The Morgan fingerprint density at radius 1 is 1.35 bits per heavy atom. The second-order valence-electron chi connectivity index (χ2n) is 5.76. The van der Waals surface area contributed by atoms with Crippen LogP contribution in [0.1, 0.15) is 19.4 Å². The Morgan fingerprint density at radius 3 is 2.40 bits per heavy atom. The van der Waals surface area contributed by atoms with Crippen molar-refractivity contribution >= 4 is 10.0 Å². The molecular weight excluding hydrogens is 276 g/mol. The van der Waals surface area contributed by atoms with E-state index in [0.717, 1.165) is 0 Å². The van der Waals surface area contributed by atoms with E-state index in [-0.39, 0.29) is 5.41 Å². The van der Waals surface area contributed by atoms with Gasteiger partial charge in [-0.3, -0.25) is 0 Å². The van der Waals surface area contributed by atoms with Gasteiger partial charge in [0, 0.05) is 13.6 Å². The van der Waals surface area contributed by atoms with Crippen molar-refractivity contribution in [3.8, 4) is 5.75 Å². The number of nitrogens with zero attached hydrogens (tertiary/aromatic N) is 1. The summed E-state index contributed by atoms with van der Waals surface area (Å²) in [5, 5.41) is 0. The minimum Gasteiger partial charge on any atom is -0.497 e. The molecule has 1 rings (SSSR count). The van der Waals surface area contributed by atoms with Crippen LogP contribution in [0.4, 0.5) is 0 Å². The van der Waals surface area contributed by atoms with Gasteiger partial charge in [0.1, 0.15) is 5.75 Å². The van der Waals surface area contributed by atoms with Crippen LogP contribution in [0.2, 0.25) is 0 Å². The molecule has 6 heteroatoms.